The quantitative estimate of drug-likeness (QED) is 0.524. The van der Waals surface area contributed by atoms with Crippen molar-refractivity contribution < 1.29 is 14.0 Å². The molecule has 2 aromatic carbocycles. The topological polar surface area (TPSA) is 107 Å². The number of fused-ring (bicyclic) bond motifs is 1. The predicted octanol–water partition coefficient (Wildman–Crippen LogP) is 3.43. The molecule has 0 aliphatic carbocycles. The van der Waals surface area contributed by atoms with Crippen LogP contribution in [0.2, 0.25) is 0 Å². The van der Waals surface area contributed by atoms with Crippen LogP contribution < -0.4 is 21.1 Å². The van der Waals surface area contributed by atoms with Crippen LogP contribution in [0.4, 0.5) is 21.8 Å². The minimum absolute atomic E-state index is 0.00980. The van der Waals surface area contributed by atoms with Crippen LogP contribution in [0.3, 0.4) is 0 Å². The van der Waals surface area contributed by atoms with Gasteiger partial charge in [0.15, 0.2) is 0 Å². The zero-order chi connectivity index (χ0) is 24.4. The van der Waals surface area contributed by atoms with Crippen LogP contribution in [0.25, 0.3) is 0 Å². The lowest BCUT2D eigenvalue weighted by Crippen LogP contribution is -2.40. The Morgan fingerprint density at radius 2 is 1.77 bits per heavy atom. The van der Waals surface area contributed by atoms with E-state index < -0.39 is 29.1 Å². The number of piperidine rings is 1. The molecule has 3 N–H and O–H groups in total. The van der Waals surface area contributed by atoms with E-state index in [0.29, 0.717) is 11.9 Å². The van der Waals surface area contributed by atoms with Crippen molar-refractivity contribution >= 4 is 29.3 Å². The number of hydrogen-bond acceptors (Lipinski definition) is 5. The Bertz CT molecular complexity index is 1300. The maximum atomic E-state index is 14.0. The standard InChI is InChI=1S/C26H26FN5O3/c27-19-8-4-5-9-20(19)28-24(34)18-15-21(33)29-23-22(18)25(35)31-26(30-23)32-12-10-17(11-13-32)14-16-6-2-1-3-7-16/h1-9,17-18H,10-15H2,(H,28,34)(H2,29,30,31,33,35)/t18-/m1/s1. The second-order valence-corrected chi connectivity index (χ2v) is 9.05. The molecule has 0 bridgehead atoms. The molecule has 180 valence electrons. The number of nitrogens with one attached hydrogen (secondary N) is 3. The Balaban J connectivity index is 1.32. The van der Waals surface area contributed by atoms with Crippen molar-refractivity contribution in [2.45, 2.75) is 31.6 Å². The third kappa shape index (κ3) is 4.94. The van der Waals surface area contributed by atoms with Gasteiger partial charge in [-0.2, -0.15) is 4.98 Å². The number of para-hydroxylation sites is 1. The number of rotatable bonds is 5. The lowest BCUT2D eigenvalue weighted by atomic mass is 9.90. The molecule has 0 saturated carbocycles. The maximum absolute atomic E-state index is 14.0. The zero-order valence-electron chi connectivity index (χ0n) is 19.1. The van der Waals surface area contributed by atoms with Gasteiger partial charge in [-0.25, -0.2) is 4.39 Å². The van der Waals surface area contributed by atoms with Gasteiger partial charge in [0.05, 0.1) is 17.2 Å². The van der Waals surface area contributed by atoms with Crippen LogP contribution in [0.1, 0.15) is 36.3 Å². The Kier molecular flexibility index (Phi) is 6.31. The smallest absolute Gasteiger partial charge is 0.258 e. The van der Waals surface area contributed by atoms with E-state index in [1.165, 1.54) is 23.8 Å². The number of carbonyl (C=O) groups is 2. The van der Waals surface area contributed by atoms with Gasteiger partial charge in [-0.15, -0.1) is 0 Å². The highest BCUT2D eigenvalue weighted by Crippen LogP contribution is 2.31. The average Bonchev–Trinajstić information content (AvgIpc) is 2.85. The third-order valence-electron chi connectivity index (χ3n) is 6.67. The molecule has 2 amide bonds. The number of carbonyl (C=O) groups excluding carboxylic acids is 2. The van der Waals surface area contributed by atoms with Crippen LogP contribution in [0.5, 0.6) is 0 Å². The van der Waals surface area contributed by atoms with Crippen LogP contribution in [-0.2, 0) is 16.0 Å². The van der Waals surface area contributed by atoms with Crippen LogP contribution in [0.15, 0.2) is 59.4 Å². The molecule has 9 heteroatoms. The molecule has 3 aromatic rings. The van der Waals surface area contributed by atoms with Gasteiger partial charge in [0.2, 0.25) is 17.8 Å². The molecule has 2 aliphatic rings. The SMILES string of the molecule is O=C1C[C@@H](C(=O)Nc2ccccc2F)c2c(nc(N3CCC(Cc4ccccc4)CC3)[nH]c2=O)N1. The molecule has 1 saturated heterocycles. The Labute approximate surface area is 201 Å². The molecule has 5 rings (SSSR count). The largest absolute Gasteiger partial charge is 0.342 e. The van der Waals surface area contributed by atoms with E-state index in [4.69, 9.17) is 0 Å². The van der Waals surface area contributed by atoms with Gasteiger partial charge < -0.3 is 15.5 Å². The molecular weight excluding hydrogens is 449 g/mol. The molecule has 2 aliphatic heterocycles. The number of halogens is 1. The minimum Gasteiger partial charge on any atom is -0.342 e. The highest BCUT2D eigenvalue weighted by atomic mass is 19.1. The van der Waals surface area contributed by atoms with E-state index in [1.807, 2.05) is 23.1 Å². The Morgan fingerprint density at radius 1 is 1.06 bits per heavy atom. The summed E-state index contributed by atoms with van der Waals surface area (Å²) in [6.07, 6.45) is 2.70. The molecule has 0 radical (unpaired) electrons. The van der Waals surface area contributed by atoms with Crippen LogP contribution in [0, 0.1) is 11.7 Å². The Morgan fingerprint density at radius 3 is 2.51 bits per heavy atom. The summed E-state index contributed by atoms with van der Waals surface area (Å²) in [5.41, 5.74) is 0.907. The highest BCUT2D eigenvalue weighted by molar-refractivity contribution is 6.04. The zero-order valence-corrected chi connectivity index (χ0v) is 19.1. The summed E-state index contributed by atoms with van der Waals surface area (Å²) in [4.78, 5) is 47.6. The van der Waals surface area contributed by atoms with E-state index in [9.17, 15) is 18.8 Å². The summed E-state index contributed by atoms with van der Waals surface area (Å²) in [5.74, 6) is -1.71. The molecular formula is C26H26FN5O3. The first-order chi connectivity index (χ1) is 17.0. The molecule has 0 spiro atoms. The molecule has 1 aromatic heterocycles. The van der Waals surface area contributed by atoms with Crippen molar-refractivity contribution in [2.24, 2.45) is 5.92 Å². The normalized spacial score (nSPS) is 18.0. The van der Waals surface area contributed by atoms with E-state index in [1.54, 1.807) is 6.07 Å². The Hall–Kier alpha value is -4.01. The number of anilines is 3. The number of aromatic amines is 1. The first kappa shape index (κ1) is 22.8. The van der Waals surface area contributed by atoms with Crippen molar-refractivity contribution in [1.29, 1.82) is 0 Å². The number of hydrogen-bond donors (Lipinski definition) is 3. The molecule has 0 unspecified atom stereocenters. The van der Waals surface area contributed by atoms with Gasteiger partial charge in [-0.05, 0) is 42.9 Å². The maximum Gasteiger partial charge on any atom is 0.258 e. The van der Waals surface area contributed by atoms with Gasteiger partial charge in [0, 0.05) is 19.5 Å². The fraction of sp³-hybridized carbons (Fsp3) is 0.308. The summed E-state index contributed by atoms with van der Waals surface area (Å²) in [7, 11) is 0. The predicted molar refractivity (Wildman–Crippen MR) is 131 cm³/mol. The molecule has 1 atom stereocenters. The van der Waals surface area contributed by atoms with Crippen molar-refractivity contribution in [2.75, 3.05) is 28.6 Å². The van der Waals surface area contributed by atoms with Gasteiger partial charge in [0.1, 0.15) is 11.6 Å². The summed E-state index contributed by atoms with van der Waals surface area (Å²) < 4.78 is 14.0. The average molecular weight is 476 g/mol. The molecule has 1 fully saturated rings. The summed E-state index contributed by atoms with van der Waals surface area (Å²) in [5, 5.41) is 5.12. The highest BCUT2D eigenvalue weighted by Gasteiger charge is 2.35. The van der Waals surface area contributed by atoms with E-state index in [0.717, 1.165) is 32.4 Å². The second kappa shape index (κ2) is 9.69. The second-order valence-electron chi connectivity index (χ2n) is 9.05. The summed E-state index contributed by atoms with van der Waals surface area (Å²) >= 11 is 0. The first-order valence-corrected chi connectivity index (χ1v) is 11.8. The summed E-state index contributed by atoms with van der Waals surface area (Å²) in [6, 6.07) is 16.1. The van der Waals surface area contributed by atoms with Crippen LogP contribution in [-0.4, -0.2) is 34.9 Å². The van der Waals surface area contributed by atoms with Gasteiger partial charge in [-0.1, -0.05) is 42.5 Å². The van der Waals surface area contributed by atoms with Crippen molar-refractivity contribution in [3.63, 3.8) is 0 Å². The van der Waals surface area contributed by atoms with Crippen molar-refractivity contribution in [3.8, 4) is 0 Å². The van der Waals surface area contributed by atoms with Gasteiger partial charge >= 0.3 is 0 Å². The van der Waals surface area contributed by atoms with E-state index in [2.05, 4.69) is 32.7 Å². The van der Waals surface area contributed by atoms with Crippen molar-refractivity contribution in [1.82, 2.24) is 9.97 Å². The first-order valence-electron chi connectivity index (χ1n) is 11.8. The molecule has 3 heterocycles. The van der Waals surface area contributed by atoms with Gasteiger partial charge in [0.25, 0.3) is 5.56 Å². The molecule has 35 heavy (non-hydrogen) atoms. The van der Waals surface area contributed by atoms with Crippen LogP contribution >= 0.6 is 0 Å². The number of aromatic nitrogens is 2. The lowest BCUT2D eigenvalue weighted by molar-refractivity contribution is -0.123. The third-order valence-corrected chi connectivity index (χ3v) is 6.67. The lowest BCUT2D eigenvalue weighted by Gasteiger charge is -2.33. The monoisotopic (exact) mass is 475 g/mol. The van der Waals surface area contributed by atoms with Gasteiger partial charge in [-0.3, -0.25) is 19.4 Å². The molecule has 8 nitrogen and oxygen atoms in total. The van der Waals surface area contributed by atoms with Crippen molar-refractivity contribution in [3.05, 3.63) is 81.9 Å². The van der Waals surface area contributed by atoms with E-state index >= 15 is 0 Å². The number of nitrogens with zero attached hydrogens (tertiary/aromatic N) is 2. The number of H-pyrrole nitrogens is 1. The number of benzene rings is 2. The number of amides is 2. The van der Waals surface area contributed by atoms with E-state index in [-0.39, 0.29) is 23.5 Å². The summed E-state index contributed by atoms with van der Waals surface area (Å²) in [6.45, 7) is 1.45. The fourth-order valence-corrected chi connectivity index (χ4v) is 4.81. The minimum atomic E-state index is -1.07. The fourth-order valence-electron chi connectivity index (χ4n) is 4.81.